The number of amides is 1. The fraction of sp³-hybridized carbons (Fsp3) is 0.423. The van der Waals surface area contributed by atoms with Crippen LogP contribution in [0.2, 0.25) is 10.0 Å². The lowest BCUT2D eigenvalue weighted by Crippen LogP contribution is -2.48. The Kier molecular flexibility index (Phi) is 11.1. The summed E-state index contributed by atoms with van der Waals surface area (Å²) < 4.78 is 20.3. The van der Waals surface area contributed by atoms with Gasteiger partial charge in [-0.25, -0.2) is 9.67 Å². The molecule has 0 saturated carbocycles. The summed E-state index contributed by atoms with van der Waals surface area (Å²) in [5.41, 5.74) is 1.78. The van der Waals surface area contributed by atoms with Gasteiger partial charge < -0.3 is 24.0 Å². The van der Waals surface area contributed by atoms with Crippen LogP contribution in [0.4, 0.5) is 5.69 Å². The number of rotatable bonds is 8. The highest BCUT2D eigenvalue weighted by Gasteiger charge is 2.45. The van der Waals surface area contributed by atoms with Crippen molar-refractivity contribution in [1.82, 2.24) is 19.7 Å². The standard InChI is InChI=1S/C26H29Cl2N5O4.2ClH/c1-2-25(34)32-11-9-31(10-12-32)20-4-6-21(7-5-20)35-14-22-15-36-26(37-22,16-33-18-29-17-30-33)23-8-3-19(27)13-24(23)28;;/h3-8,13,17-18,22H,2,9-12,14-16H2,1H3;2*1H/t22-,26-;;/m1../s1. The van der Waals surface area contributed by atoms with Crippen molar-refractivity contribution in [3.05, 3.63) is 70.7 Å². The quantitative estimate of drug-likeness (QED) is 0.357. The van der Waals surface area contributed by atoms with Gasteiger partial charge in [0.15, 0.2) is 0 Å². The molecule has 2 aromatic carbocycles. The van der Waals surface area contributed by atoms with Gasteiger partial charge in [0.25, 0.3) is 0 Å². The molecule has 2 saturated heterocycles. The number of anilines is 1. The molecule has 2 atom stereocenters. The molecule has 212 valence electrons. The van der Waals surface area contributed by atoms with Crippen molar-refractivity contribution in [1.29, 1.82) is 0 Å². The van der Waals surface area contributed by atoms with Crippen LogP contribution in [-0.2, 0) is 26.6 Å². The fourth-order valence-corrected chi connectivity index (χ4v) is 5.21. The summed E-state index contributed by atoms with van der Waals surface area (Å²) in [4.78, 5) is 20.1. The predicted octanol–water partition coefficient (Wildman–Crippen LogP) is 4.83. The summed E-state index contributed by atoms with van der Waals surface area (Å²) in [5, 5.41) is 5.18. The van der Waals surface area contributed by atoms with Gasteiger partial charge >= 0.3 is 0 Å². The normalized spacial score (nSPS) is 20.7. The van der Waals surface area contributed by atoms with Crippen LogP contribution < -0.4 is 9.64 Å². The van der Waals surface area contributed by atoms with Gasteiger partial charge in [0, 0.05) is 48.9 Å². The Balaban J connectivity index is 0.00000210. The van der Waals surface area contributed by atoms with Gasteiger partial charge in [-0.15, -0.1) is 24.8 Å². The summed E-state index contributed by atoms with van der Waals surface area (Å²) in [6, 6.07) is 13.2. The number of halogens is 4. The third-order valence-corrected chi connectivity index (χ3v) is 7.16. The molecule has 0 radical (unpaired) electrons. The van der Waals surface area contributed by atoms with E-state index in [2.05, 4.69) is 15.0 Å². The number of hydrogen-bond donors (Lipinski definition) is 0. The molecule has 1 amide bonds. The Bertz CT molecular complexity index is 1210. The average molecular weight is 619 g/mol. The molecule has 5 rings (SSSR count). The second kappa shape index (κ2) is 13.9. The molecule has 0 bridgehead atoms. The number of ether oxygens (including phenoxy) is 3. The summed E-state index contributed by atoms with van der Waals surface area (Å²) >= 11 is 12.6. The molecule has 1 aromatic heterocycles. The molecule has 39 heavy (non-hydrogen) atoms. The number of carbonyl (C=O) groups excluding carboxylic acids is 1. The number of hydrogen-bond acceptors (Lipinski definition) is 7. The largest absolute Gasteiger partial charge is 0.491 e. The molecular weight excluding hydrogens is 588 g/mol. The molecule has 2 fully saturated rings. The Morgan fingerprint density at radius 2 is 1.85 bits per heavy atom. The first kappa shape index (κ1) is 31.3. The molecule has 0 aliphatic carbocycles. The number of piperazine rings is 1. The Morgan fingerprint density at radius 3 is 2.49 bits per heavy atom. The van der Waals surface area contributed by atoms with Crippen LogP contribution in [0.25, 0.3) is 0 Å². The second-order valence-corrected chi connectivity index (χ2v) is 9.89. The lowest BCUT2D eigenvalue weighted by atomic mass is 10.1. The van der Waals surface area contributed by atoms with Crippen molar-refractivity contribution < 1.29 is 19.0 Å². The van der Waals surface area contributed by atoms with Crippen LogP contribution in [-0.4, -0.2) is 71.1 Å². The van der Waals surface area contributed by atoms with Crippen molar-refractivity contribution in [2.24, 2.45) is 0 Å². The van der Waals surface area contributed by atoms with Crippen LogP contribution >= 0.6 is 48.0 Å². The van der Waals surface area contributed by atoms with Gasteiger partial charge in [-0.1, -0.05) is 36.2 Å². The van der Waals surface area contributed by atoms with E-state index in [1.54, 1.807) is 23.1 Å². The van der Waals surface area contributed by atoms with Gasteiger partial charge in [-0.3, -0.25) is 4.79 Å². The molecule has 3 aromatic rings. The van der Waals surface area contributed by atoms with Gasteiger partial charge in [-0.2, -0.15) is 5.10 Å². The topological polar surface area (TPSA) is 82.0 Å². The van der Waals surface area contributed by atoms with Gasteiger partial charge in [0.05, 0.1) is 11.6 Å². The van der Waals surface area contributed by atoms with Crippen molar-refractivity contribution >= 4 is 59.6 Å². The molecular formula is C26H31Cl4N5O4. The van der Waals surface area contributed by atoms with E-state index in [-0.39, 0.29) is 43.4 Å². The lowest BCUT2D eigenvalue weighted by Gasteiger charge is -2.36. The molecule has 9 nitrogen and oxygen atoms in total. The third-order valence-electron chi connectivity index (χ3n) is 6.61. The maximum Gasteiger partial charge on any atom is 0.222 e. The monoisotopic (exact) mass is 617 g/mol. The van der Waals surface area contributed by atoms with E-state index in [0.29, 0.717) is 35.2 Å². The van der Waals surface area contributed by atoms with E-state index >= 15 is 0 Å². The minimum absolute atomic E-state index is 0. The maximum atomic E-state index is 11.9. The van der Waals surface area contributed by atoms with E-state index in [4.69, 9.17) is 37.4 Å². The first-order valence-corrected chi connectivity index (χ1v) is 13.1. The highest BCUT2D eigenvalue weighted by Crippen LogP contribution is 2.40. The molecule has 0 N–H and O–H groups in total. The summed E-state index contributed by atoms with van der Waals surface area (Å²) in [6.07, 6.45) is 3.29. The highest BCUT2D eigenvalue weighted by atomic mass is 35.5. The van der Waals surface area contributed by atoms with Crippen molar-refractivity contribution in [3.8, 4) is 5.75 Å². The summed E-state index contributed by atoms with van der Waals surface area (Å²) in [5.74, 6) is -0.190. The van der Waals surface area contributed by atoms with Gasteiger partial charge in [0.2, 0.25) is 11.7 Å². The first-order chi connectivity index (χ1) is 18.0. The number of nitrogens with zero attached hydrogens (tertiary/aromatic N) is 5. The number of carbonyl (C=O) groups is 1. The first-order valence-electron chi connectivity index (χ1n) is 12.3. The molecule has 13 heteroatoms. The number of aromatic nitrogens is 3. The Hall–Kier alpha value is -2.27. The third kappa shape index (κ3) is 7.28. The summed E-state index contributed by atoms with van der Waals surface area (Å²) in [6.45, 7) is 5.95. The molecule has 0 spiro atoms. The zero-order valence-corrected chi connectivity index (χ0v) is 24.5. The molecule has 0 unspecified atom stereocenters. The van der Waals surface area contributed by atoms with E-state index in [1.165, 1.54) is 6.33 Å². The van der Waals surface area contributed by atoms with Gasteiger partial charge in [0.1, 0.15) is 37.7 Å². The zero-order chi connectivity index (χ0) is 25.8. The minimum atomic E-state index is -1.14. The lowest BCUT2D eigenvalue weighted by molar-refractivity contribution is -0.190. The van der Waals surface area contributed by atoms with E-state index < -0.39 is 5.79 Å². The number of benzene rings is 2. The average Bonchev–Trinajstić information content (AvgIpc) is 3.58. The summed E-state index contributed by atoms with van der Waals surface area (Å²) in [7, 11) is 0. The van der Waals surface area contributed by atoms with E-state index in [0.717, 1.165) is 37.6 Å². The second-order valence-electron chi connectivity index (χ2n) is 9.05. The zero-order valence-electron chi connectivity index (χ0n) is 21.4. The van der Waals surface area contributed by atoms with Crippen LogP contribution in [0.3, 0.4) is 0 Å². The smallest absolute Gasteiger partial charge is 0.222 e. The Morgan fingerprint density at radius 1 is 1.10 bits per heavy atom. The van der Waals surface area contributed by atoms with Crippen molar-refractivity contribution in [3.63, 3.8) is 0 Å². The van der Waals surface area contributed by atoms with Crippen molar-refractivity contribution in [2.45, 2.75) is 31.8 Å². The van der Waals surface area contributed by atoms with Crippen molar-refractivity contribution in [2.75, 3.05) is 44.3 Å². The van der Waals surface area contributed by atoms with E-state index in [9.17, 15) is 4.79 Å². The van der Waals surface area contributed by atoms with Crippen LogP contribution in [0.1, 0.15) is 18.9 Å². The minimum Gasteiger partial charge on any atom is -0.491 e. The SMILES string of the molecule is CCC(=O)N1CCN(c2ccc(OC[C@@H]3CO[C@@](Cn4cncn4)(c4ccc(Cl)cc4Cl)O3)cc2)CC1.Cl.Cl. The van der Waals surface area contributed by atoms with Crippen LogP contribution in [0, 0.1) is 0 Å². The maximum absolute atomic E-state index is 11.9. The van der Waals surface area contributed by atoms with Crippen LogP contribution in [0.15, 0.2) is 55.1 Å². The van der Waals surface area contributed by atoms with Gasteiger partial charge in [-0.05, 0) is 36.4 Å². The molecule has 2 aliphatic heterocycles. The Labute approximate surface area is 250 Å². The molecule has 2 aliphatic rings. The van der Waals surface area contributed by atoms with Crippen LogP contribution in [0.5, 0.6) is 5.75 Å². The highest BCUT2D eigenvalue weighted by molar-refractivity contribution is 6.35. The fourth-order valence-electron chi connectivity index (χ4n) is 4.66. The molecule has 3 heterocycles. The van der Waals surface area contributed by atoms with E-state index in [1.807, 2.05) is 42.2 Å². The predicted molar refractivity (Wildman–Crippen MR) is 155 cm³/mol.